The second-order valence-electron chi connectivity index (χ2n) is 4.97. The fourth-order valence-corrected chi connectivity index (χ4v) is 3.65. The fraction of sp³-hybridized carbons (Fsp3) is 0.417. The van der Waals surface area contributed by atoms with Gasteiger partial charge in [0.2, 0.25) is 0 Å². The van der Waals surface area contributed by atoms with Gasteiger partial charge in [-0.3, -0.25) is 4.79 Å². The number of hydrogen-bond acceptors (Lipinski definition) is 7. The molecule has 0 bridgehead atoms. The Balaban J connectivity index is 2.31. The van der Waals surface area contributed by atoms with Crippen molar-refractivity contribution < 1.29 is 30.0 Å². The number of amides is 1. The molecule has 0 aliphatic carbocycles. The monoisotopic (exact) mass is 417 g/mol. The van der Waals surface area contributed by atoms with Crippen LogP contribution in [0.5, 0.6) is 0 Å². The van der Waals surface area contributed by atoms with Crippen molar-refractivity contribution in [3.8, 4) is 0 Å². The predicted molar refractivity (Wildman–Crippen MR) is 85.7 cm³/mol. The summed E-state index contributed by atoms with van der Waals surface area (Å²) in [4.78, 5) is 10.3. The molecule has 1 aliphatic rings. The molecule has 2 rings (SSSR count). The van der Waals surface area contributed by atoms with Crippen LogP contribution in [-0.4, -0.2) is 46.5 Å². The van der Waals surface area contributed by atoms with E-state index < -0.39 is 43.1 Å². The van der Waals surface area contributed by atoms with Gasteiger partial charge in [-0.2, -0.15) is 8.42 Å². The van der Waals surface area contributed by atoms with Gasteiger partial charge < -0.3 is 5.32 Å². The van der Waals surface area contributed by atoms with Gasteiger partial charge in [0.15, 0.2) is 14.7 Å². The van der Waals surface area contributed by atoms with Crippen LogP contribution in [0.25, 0.3) is 0 Å². The highest BCUT2D eigenvalue weighted by atomic mass is 35.5. The summed E-state index contributed by atoms with van der Waals surface area (Å²) >= 11 is 10.9. The molecule has 0 radical (unpaired) electrons. The van der Waals surface area contributed by atoms with Crippen LogP contribution in [-0.2, 0) is 33.4 Å². The molecule has 1 heterocycles. The smallest absolute Gasteiger partial charge is 0.346 e. The summed E-state index contributed by atoms with van der Waals surface area (Å²) in [5.41, 5.74) is 0.334. The molecule has 1 aromatic rings. The van der Waals surface area contributed by atoms with E-state index in [1.165, 1.54) is 24.3 Å². The number of rotatable bonds is 4. The van der Waals surface area contributed by atoms with E-state index in [1.807, 2.05) is 0 Å². The van der Waals surface area contributed by atoms with Gasteiger partial charge in [-0.05, 0) is 17.7 Å². The first kappa shape index (κ1) is 19.4. The van der Waals surface area contributed by atoms with Gasteiger partial charge in [0, 0.05) is 6.26 Å². The van der Waals surface area contributed by atoms with Crippen molar-refractivity contribution in [3.05, 3.63) is 29.8 Å². The second kappa shape index (κ2) is 7.14. The Kier molecular flexibility index (Phi) is 5.78. The Morgan fingerprint density at radius 1 is 1.29 bits per heavy atom. The predicted octanol–water partition coefficient (Wildman–Crippen LogP) is 0.711. The lowest BCUT2D eigenvalue weighted by molar-refractivity contribution is -0.121. The minimum atomic E-state index is -4.24. The van der Waals surface area contributed by atoms with Crippen LogP contribution in [0.15, 0.2) is 29.2 Å². The highest BCUT2D eigenvalue weighted by Gasteiger charge is 2.37. The summed E-state index contributed by atoms with van der Waals surface area (Å²) in [7, 11) is -7.65. The molecule has 1 saturated heterocycles. The number of nitrogens with one attached hydrogen (secondary N) is 1. The van der Waals surface area contributed by atoms with Crippen LogP contribution >= 0.6 is 23.2 Å². The van der Waals surface area contributed by atoms with Crippen molar-refractivity contribution in [3.63, 3.8) is 0 Å². The lowest BCUT2D eigenvalue weighted by Crippen LogP contribution is -2.49. The summed E-state index contributed by atoms with van der Waals surface area (Å²) in [6, 6.07) is 4.51. The molecule has 0 unspecified atom stereocenters. The molecule has 1 amide bonds. The third-order valence-corrected chi connectivity index (χ3v) is 5.53. The van der Waals surface area contributed by atoms with E-state index in [0.29, 0.717) is 5.56 Å². The number of benzene rings is 1. The molecule has 24 heavy (non-hydrogen) atoms. The second-order valence-corrected chi connectivity index (χ2v) is 9.32. The van der Waals surface area contributed by atoms with E-state index in [0.717, 1.165) is 6.26 Å². The molecule has 1 aromatic carbocycles. The number of hydrogen-bond donors (Lipinski definition) is 1. The minimum Gasteiger partial charge on any atom is -0.346 e. The summed E-state index contributed by atoms with van der Waals surface area (Å²) < 4.78 is 55.4. The van der Waals surface area contributed by atoms with E-state index in [-0.39, 0.29) is 11.5 Å². The van der Waals surface area contributed by atoms with Crippen LogP contribution in [0, 0.1) is 0 Å². The van der Waals surface area contributed by atoms with Crippen LogP contribution < -0.4 is 5.32 Å². The summed E-state index contributed by atoms with van der Waals surface area (Å²) in [5, 5.41) is 2.41. The maximum atomic E-state index is 11.6. The molecule has 0 spiro atoms. The normalized spacial score (nSPS) is 23.8. The van der Waals surface area contributed by atoms with Gasteiger partial charge in [-0.25, -0.2) is 16.8 Å². The molecule has 0 saturated carbocycles. The average Bonchev–Trinajstić information content (AvgIpc) is 2.48. The average molecular weight is 418 g/mol. The van der Waals surface area contributed by atoms with Gasteiger partial charge >= 0.3 is 10.4 Å². The quantitative estimate of drug-likeness (QED) is 0.716. The van der Waals surface area contributed by atoms with Crippen molar-refractivity contribution in [2.24, 2.45) is 0 Å². The molecule has 1 aliphatic heterocycles. The lowest BCUT2D eigenvalue weighted by atomic mass is 10.0. The Hall–Kier alpha value is -0.910. The van der Waals surface area contributed by atoms with Crippen LogP contribution in [0.4, 0.5) is 0 Å². The topological polar surface area (TPSA) is 116 Å². The molecule has 1 fully saturated rings. The zero-order valence-electron chi connectivity index (χ0n) is 12.2. The number of carbonyl (C=O) groups is 1. The van der Waals surface area contributed by atoms with Gasteiger partial charge in [-0.15, -0.1) is 0 Å². The Morgan fingerprint density at radius 3 is 2.38 bits per heavy atom. The van der Waals surface area contributed by atoms with Crippen molar-refractivity contribution in [1.82, 2.24) is 5.32 Å². The van der Waals surface area contributed by atoms with Crippen molar-refractivity contribution in [2.75, 3.05) is 12.9 Å². The van der Waals surface area contributed by atoms with Crippen molar-refractivity contribution >= 4 is 49.3 Å². The SMILES string of the molecule is CS(=O)(=O)c1ccc([C@H]2OS(=O)(=O)OC[C@H]2NC(=O)C(Cl)Cl)cc1. The van der Waals surface area contributed by atoms with Crippen molar-refractivity contribution in [2.45, 2.75) is 21.9 Å². The van der Waals surface area contributed by atoms with E-state index in [9.17, 15) is 21.6 Å². The highest BCUT2D eigenvalue weighted by molar-refractivity contribution is 7.90. The molecule has 2 atom stereocenters. The summed E-state index contributed by atoms with van der Waals surface area (Å²) in [5.74, 6) is -0.743. The molecular weight excluding hydrogens is 405 g/mol. The summed E-state index contributed by atoms with van der Waals surface area (Å²) in [6.45, 7) is -0.382. The minimum absolute atomic E-state index is 0.0586. The van der Waals surface area contributed by atoms with E-state index in [4.69, 9.17) is 27.4 Å². The molecular formula is C12H13Cl2NO7S2. The van der Waals surface area contributed by atoms with E-state index >= 15 is 0 Å². The highest BCUT2D eigenvalue weighted by Crippen LogP contribution is 2.29. The summed E-state index contributed by atoms with van der Waals surface area (Å²) in [6.07, 6.45) is -0.0741. The van der Waals surface area contributed by atoms with Crippen LogP contribution in [0.1, 0.15) is 11.7 Å². The zero-order valence-corrected chi connectivity index (χ0v) is 15.3. The van der Waals surface area contributed by atoms with Crippen molar-refractivity contribution in [1.29, 1.82) is 0 Å². The molecule has 8 nitrogen and oxygen atoms in total. The third kappa shape index (κ3) is 4.80. The standard InChI is InChI=1S/C12H13Cl2NO7S2/c1-23(17,18)8-4-2-7(3-5-8)10-9(15-12(16)11(13)14)6-21-24(19,20)22-10/h2-5,9-11H,6H2,1H3,(H,15,16)/t9-,10-/m1/s1. The molecule has 12 heteroatoms. The Labute approximate surface area is 149 Å². The number of alkyl halides is 2. The molecule has 1 N–H and O–H groups in total. The van der Waals surface area contributed by atoms with Gasteiger partial charge in [0.25, 0.3) is 5.91 Å². The van der Waals surface area contributed by atoms with Gasteiger partial charge in [0.1, 0.15) is 6.10 Å². The van der Waals surface area contributed by atoms with E-state index in [2.05, 4.69) is 9.50 Å². The first-order valence-electron chi connectivity index (χ1n) is 6.46. The lowest BCUT2D eigenvalue weighted by Gasteiger charge is -2.31. The Bertz CT molecular complexity index is 821. The van der Waals surface area contributed by atoms with Crippen LogP contribution in [0.2, 0.25) is 0 Å². The number of carbonyl (C=O) groups excluding carboxylic acids is 1. The first-order valence-corrected chi connectivity index (χ1v) is 10.6. The number of sulfone groups is 1. The molecule has 134 valence electrons. The number of halogens is 2. The Morgan fingerprint density at radius 2 is 1.88 bits per heavy atom. The molecule has 0 aromatic heterocycles. The third-order valence-electron chi connectivity index (χ3n) is 3.14. The van der Waals surface area contributed by atoms with E-state index in [1.54, 1.807) is 0 Å². The van der Waals surface area contributed by atoms with Gasteiger partial charge in [-0.1, -0.05) is 35.3 Å². The maximum absolute atomic E-state index is 11.6. The van der Waals surface area contributed by atoms with Gasteiger partial charge in [0.05, 0.1) is 17.5 Å². The first-order chi connectivity index (χ1) is 11.0. The maximum Gasteiger partial charge on any atom is 0.400 e. The largest absolute Gasteiger partial charge is 0.400 e. The fourth-order valence-electron chi connectivity index (χ4n) is 2.02. The zero-order chi connectivity index (χ0) is 18.1. The van der Waals surface area contributed by atoms with Crippen LogP contribution in [0.3, 0.4) is 0 Å².